The first-order valence-corrected chi connectivity index (χ1v) is 20.2. The Labute approximate surface area is 323 Å². The molecule has 2 aromatic heterocycles. The number of anilines is 1. The predicted octanol–water partition coefficient (Wildman–Crippen LogP) is 9.46. The van der Waals surface area contributed by atoms with Crippen molar-refractivity contribution in [3.8, 4) is 11.1 Å². The van der Waals surface area contributed by atoms with E-state index in [0.29, 0.717) is 42.4 Å². The Morgan fingerprint density at radius 1 is 0.732 bits per heavy atom. The fourth-order valence-electron chi connectivity index (χ4n) is 8.07. The Hall–Kier alpha value is -6.07. The summed E-state index contributed by atoms with van der Waals surface area (Å²) in [6.07, 6.45) is 0.438. The molecule has 7 nitrogen and oxygen atoms in total. The molecule has 0 atom stereocenters. The minimum atomic E-state index is -4.78. The second-order valence-corrected chi connectivity index (χ2v) is 16.1. The zero-order valence-electron chi connectivity index (χ0n) is 30.4. The highest BCUT2D eigenvalue weighted by atomic mass is 32.2. The maximum atomic E-state index is 15.2. The van der Waals surface area contributed by atoms with Crippen molar-refractivity contribution in [1.82, 2.24) is 14.8 Å². The molecule has 0 spiro atoms. The number of piperidine rings is 1. The third kappa shape index (κ3) is 6.66. The maximum Gasteiger partial charge on any atom is 0.435 e. The lowest BCUT2D eigenvalue weighted by Crippen LogP contribution is -2.38. The van der Waals surface area contributed by atoms with Crippen LogP contribution in [-0.4, -0.2) is 48.3 Å². The van der Waals surface area contributed by atoms with Crippen LogP contribution >= 0.6 is 0 Å². The zero-order chi connectivity index (χ0) is 39.1. The van der Waals surface area contributed by atoms with Gasteiger partial charge in [0, 0.05) is 59.9 Å². The number of hydrogen-bond acceptors (Lipinski definition) is 6. The number of fused-ring (bicyclic) bond motifs is 1. The molecular weight excluding hydrogens is 734 g/mol. The third-order valence-corrected chi connectivity index (χ3v) is 11.8. The molecular formula is C45H37F3N4O3S. The van der Waals surface area contributed by atoms with Gasteiger partial charge in [0.1, 0.15) is 5.54 Å². The van der Waals surface area contributed by atoms with Gasteiger partial charge in [-0.2, -0.15) is 18.3 Å². The number of rotatable bonds is 9. The van der Waals surface area contributed by atoms with Gasteiger partial charge in [-0.25, -0.2) is 8.42 Å². The molecule has 0 amide bonds. The van der Waals surface area contributed by atoms with E-state index < -0.39 is 27.2 Å². The van der Waals surface area contributed by atoms with Gasteiger partial charge in [0.15, 0.2) is 21.3 Å². The van der Waals surface area contributed by atoms with E-state index >= 15 is 13.2 Å². The van der Waals surface area contributed by atoms with Crippen molar-refractivity contribution in [1.29, 1.82) is 0 Å². The van der Waals surface area contributed by atoms with E-state index in [1.807, 2.05) is 97.1 Å². The molecule has 56 heavy (non-hydrogen) atoms. The summed E-state index contributed by atoms with van der Waals surface area (Å²) in [5.74, 6) is -0.584. The van der Waals surface area contributed by atoms with Crippen molar-refractivity contribution in [3.05, 3.63) is 180 Å². The largest absolute Gasteiger partial charge is 0.435 e. The second kappa shape index (κ2) is 14.5. The fraction of sp³-hybridized carbons (Fsp3) is 0.178. The predicted molar refractivity (Wildman–Crippen MR) is 211 cm³/mol. The molecule has 282 valence electrons. The number of hydrogen-bond donors (Lipinski definition) is 0. The topological polar surface area (TPSA) is 85.2 Å². The van der Waals surface area contributed by atoms with Crippen molar-refractivity contribution >= 4 is 32.2 Å². The van der Waals surface area contributed by atoms with Crippen molar-refractivity contribution in [2.75, 3.05) is 24.2 Å². The van der Waals surface area contributed by atoms with Gasteiger partial charge in [-0.15, -0.1) is 0 Å². The van der Waals surface area contributed by atoms with Crippen LogP contribution in [0, 0.1) is 5.92 Å². The van der Waals surface area contributed by atoms with Gasteiger partial charge < -0.3 is 4.90 Å². The first kappa shape index (κ1) is 36.9. The highest BCUT2D eigenvalue weighted by Crippen LogP contribution is 2.45. The van der Waals surface area contributed by atoms with Crippen LogP contribution in [0.4, 0.5) is 18.9 Å². The number of halogens is 3. The second-order valence-electron chi connectivity index (χ2n) is 14.1. The Kier molecular flexibility index (Phi) is 9.58. The van der Waals surface area contributed by atoms with Crippen LogP contribution in [0.2, 0.25) is 0 Å². The molecule has 0 saturated carbocycles. The minimum Gasteiger partial charge on any atom is -0.371 e. The number of ketones is 1. The van der Waals surface area contributed by atoms with Gasteiger partial charge in [0.2, 0.25) is 0 Å². The standard InChI is InChI=1S/C45H37F3N4O3S/c1-56(54,55)41-20-12-11-19-36(41)42(53)31-24-27-51(28-25-31)40-23-26-49-39-22-21-32(29-37(39)40)38-30-52(50-43(38)45(46,47)48)44(33-13-5-2-6-14-33,34-15-7-3-8-16-34)35-17-9-4-10-18-35/h2-23,26,29-31H,24-25,27-28H2,1H3. The van der Waals surface area contributed by atoms with E-state index in [0.717, 1.165) is 28.6 Å². The summed E-state index contributed by atoms with van der Waals surface area (Å²) >= 11 is 0. The van der Waals surface area contributed by atoms with Gasteiger partial charge in [-0.3, -0.25) is 14.5 Å². The number of benzene rings is 5. The summed E-state index contributed by atoms with van der Waals surface area (Å²) < 4.78 is 71.8. The number of alkyl halides is 3. The van der Waals surface area contributed by atoms with Crippen molar-refractivity contribution in [2.45, 2.75) is 29.5 Å². The lowest BCUT2D eigenvalue weighted by molar-refractivity contribution is -0.141. The van der Waals surface area contributed by atoms with Crippen LogP contribution in [-0.2, 0) is 21.6 Å². The molecule has 0 N–H and O–H groups in total. The summed E-state index contributed by atoms with van der Waals surface area (Å²) in [6, 6.07) is 41.5. The molecule has 0 unspecified atom stereocenters. The zero-order valence-corrected chi connectivity index (χ0v) is 31.2. The Morgan fingerprint density at radius 3 is 1.84 bits per heavy atom. The minimum absolute atomic E-state index is 0.0233. The Morgan fingerprint density at radius 2 is 1.29 bits per heavy atom. The molecule has 1 aliphatic heterocycles. The summed E-state index contributed by atoms with van der Waals surface area (Å²) in [5.41, 5.74) is 1.81. The van der Waals surface area contributed by atoms with Gasteiger partial charge in [0.25, 0.3) is 0 Å². The van der Waals surface area contributed by atoms with Crippen molar-refractivity contribution < 1.29 is 26.4 Å². The normalized spacial score (nSPS) is 14.2. The molecule has 0 bridgehead atoms. The average Bonchev–Trinajstić information content (AvgIpc) is 3.68. The van der Waals surface area contributed by atoms with Crippen LogP contribution in [0.3, 0.4) is 0 Å². The molecule has 3 heterocycles. The van der Waals surface area contributed by atoms with Crippen molar-refractivity contribution in [3.63, 3.8) is 0 Å². The third-order valence-electron chi connectivity index (χ3n) is 10.7. The fourth-order valence-corrected chi connectivity index (χ4v) is 8.97. The summed E-state index contributed by atoms with van der Waals surface area (Å²) in [7, 11) is -3.60. The van der Waals surface area contributed by atoms with E-state index in [1.165, 1.54) is 16.9 Å². The lowest BCUT2D eigenvalue weighted by Gasteiger charge is -2.36. The number of nitrogens with zero attached hydrogens (tertiary/aromatic N) is 4. The average molecular weight is 771 g/mol. The maximum absolute atomic E-state index is 15.2. The molecule has 7 aromatic rings. The number of Topliss-reactive ketones (excluding diaryl/α,β-unsaturated/α-hetero) is 1. The number of sulfone groups is 1. The molecule has 0 radical (unpaired) electrons. The van der Waals surface area contributed by atoms with E-state index in [1.54, 1.807) is 42.6 Å². The Bertz CT molecular complexity index is 2540. The summed E-state index contributed by atoms with van der Waals surface area (Å²) in [6.45, 7) is 0.973. The molecule has 8 rings (SSSR count). The monoisotopic (exact) mass is 770 g/mol. The van der Waals surface area contributed by atoms with Crippen LogP contribution in [0.25, 0.3) is 22.0 Å². The van der Waals surface area contributed by atoms with Crippen LogP contribution in [0.1, 0.15) is 45.6 Å². The molecule has 1 saturated heterocycles. The number of aromatic nitrogens is 3. The van der Waals surface area contributed by atoms with Gasteiger partial charge in [-0.1, -0.05) is 115 Å². The van der Waals surface area contributed by atoms with Gasteiger partial charge >= 0.3 is 6.18 Å². The first-order chi connectivity index (χ1) is 27.0. The lowest BCUT2D eigenvalue weighted by atomic mass is 9.77. The molecule has 1 aliphatic rings. The molecule has 1 fully saturated rings. The molecule has 5 aromatic carbocycles. The highest BCUT2D eigenvalue weighted by molar-refractivity contribution is 7.90. The van der Waals surface area contributed by atoms with Crippen LogP contribution in [0.5, 0.6) is 0 Å². The SMILES string of the molecule is CS(=O)(=O)c1ccccc1C(=O)C1CCN(c2ccnc3ccc(-c4cn(C(c5ccccc5)(c5ccccc5)c5ccccc5)nc4C(F)(F)F)cc23)CC1. The van der Waals surface area contributed by atoms with E-state index in [2.05, 4.69) is 15.0 Å². The molecule has 0 aliphatic carbocycles. The number of pyridine rings is 1. The summed E-state index contributed by atoms with van der Waals surface area (Å²) in [5, 5.41) is 5.08. The van der Waals surface area contributed by atoms with E-state index in [-0.39, 0.29) is 27.7 Å². The first-order valence-electron chi connectivity index (χ1n) is 18.3. The number of carbonyl (C=O) groups excluding carboxylic acids is 1. The number of carbonyl (C=O) groups is 1. The smallest absolute Gasteiger partial charge is 0.371 e. The van der Waals surface area contributed by atoms with Crippen LogP contribution in [0.15, 0.2) is 157 Å². The molecule has 11 heteroatoms. The van der Waals surface area contributed by atoms with Gasteiger partial charge in [-0.05, 0) is 59.4 Å². The van der Waals surface area contributed by atoms with Crippen LogP contribution < -0.4 is 4.90 Å². The quantitative estimate of drug-likeness (QED) is 0.107. The highest BCUT2D eigenvalue weighted by Gasteiger charge is 2.44. The summed E-state index contributed by atoms with van der Waals surface area (Å²) in [4.78, 5) is 20.3. The van der Waals surface area contributed by atoms with E-state index in [9.17, 15) is 13.2 Å². The van der Waals surface area contributed by atoms with Gasteiger partial charge in [0.05, 0.1) is 10.4 Å². The Balaban J connectivity index is 1.21. The van der Waals surface area contributed by atoms with E-state index in [4.69, 9.17) is 0 Å². The van der Waals surface area contributed by atoms with Crippen molar-refractivity contribution in [2.24, 2.45) is 5.92 Å².